The highest BCUT2D eigenvalue weighted by molar-refractivity contribution is 7.98. The van der Waals surface area contributed by atoms with Crippen LogP contribution in [0.1, 0.15) is 37.4 Å². The van der Waals surface area contributed by atoms with Crippen molar-refractivity contribution in [3.8, 4) is 33.5 Å². The first-order chi connectivity index (χ1) is 20.9. The van der Waals surface area contributed by atoms with Crippen molar-refractivity contribution in [2.75, 3.05) is 13.2 Å². The predicted octanol–water partition coefficient (Wildman–Crippen LogP) is 6.82. The Labute approximate surface area is 260 Å². The number of hydrogen-bond acceptors (Lipinski definition) is 10. The quantitative estimate of drug-likeness (QED) is 0.0947. The van der Waals surface area contributed by atoms with Gasteiger partial charge in [-0.2, -0.15) is 5.26 Å². The fourth-order valence-corrected chi connectivity index (χ4v) is 6.17. The molecule has 0 fully saturated rings. The van der Waals surface area contributed by atoms with Gasteiger partial charge in [0.05, 0.1) is 16.6 Å². The molecule has 0 saturated carbocycles. The third-order valence-corrected chi connectivity index (χ3v) is 8.56. The number of halogens is 1. The maximum absolute atomic E-state index is 13.3. The molecule has 3 aromatic heterocycles. The standard InChI is InChI=1S/C31H26ClN5O4S2/c1-3-24-35-28-27(29(39)36-24)26(18-7-11-22(12-8-18)40-13-14-41-25(38)4-2)23(15-33)31(37-28)43-17-21-16-42-30(34-21)19-5-9-20(32)10-6-19/h5-12,16H,3-4,13-14,17H2,1-2H3,(H,35,36,37,39). The maximum atomic E-state index is 13.3. The monoisotopic (exact) mass is 631 g/mol. The van der Waals surface area contributed by atoms with Gasteiger partial charge in [0.1, 0.15) is 40.9 Å². The molecule has 2 aromatic carbocycles. The van der Waals surface area contributed by atoms with E-state index in [1.54, 1.807) is 31.2 Å². The largest absolute Gasteiger partial charge is 0.490 e. The van der Waals surface area contributed by atoms with Crippen LogP contribution >= 0.6 is 34.7 Å². The molecule has 0 saturated heterocycles. The zero-order chi connectivity index (χ0) is 30.3. The third kappa shape index (κ3) is 7.05. The lowest BCUT2D eigenvalue weighted by atomic mass is 9.98. The molecule has 9 nitrogen and oxygen atoms in total. The van der Waals surface area contributed by atoms with E-state index in [9.17, 15) is 14.9 Å². The number of H-pyrrole nitrogens is 1. The summed E-state index contributed by atoms with van der Waals surface area (Å²) in [6, 6.07) is 16.8. The smallest absolute Gasteiger partial charge is 0.305 e. The first-order valence-electron chi connectivity index (χ1n) is 13.5. The van der Waals surface area contributed by atoms with E-state index in [1.165, 1.54) is 23.1 Å². The molecule has 0 atom stereocenters. The average Bonchev–Trinajstić information content (AvgIpc) is 3.50. The van der Waals surface area contributed by atoms with Gasteiger partial charge in [-0.25, -0.2) is 15.0 Å². The second kappa shape index (κ2) is 13.8. The fourth-order valence-electron chi connectivity index (χ4n) is 4.24. The number of carbonyl (C=O) groups excluding carboxylic acids is 1. The second-order valence-corrected chi connectivity index (χ2v) is 11.5. The highest BCUT2D eigenvalue weighted by atomic mass is 35.5. The molecule has 0 radical (unpaired) electrons. The van der Waals surface area contributed by atoms with Gasteiger partial charge in [-0.3, -0.25) is 9.59 Å². The Balaban J connectivity index is 1.47. The summed E-state index contributed by atoms with van der Waals surface area (Å²) in [7, 11) is 0. The number of fused-ring (bicyclic) bond motifs is 1. The first kappa shape index (κ1) is 30.2. The number of nitrogens with one attached hydrogen (secondary N) is 1. The number of nitrogens with zero attached hydrogens (tertiary/aromatic N) is 4. The van der Waals surface area contributed by atoms with Crippen LogP contribution in [0.15, 0.2) is 63.7 Å². The summed E-state index contributed by atoms with van der Waals surface area (Å²) >= 11 is 8.92. The van der Waals surface area contributed by atoms with Crippen LogP contribution in [-0.4, -0.2) is 39.1 Å². The van der Waals surface area contributed by atoms with Crippen molar-refractivity contribution in [3.63, 3.8) is 0 Å². The van der Waals surface area contributed by atoms with E-state index in [1.807, 2.05) is 36.6 Å². The lowest BCUT2D eigenvalue weighted by Crippen LogP contribution is -2.14. The summed E-state index contributed by atoms with van der Waals surface area (Å²) in [5.74, 6) is 1.25. The van der Waals surface area contributed by atoms with Crippen LogP contribution in [0.2, 0.25) is 5.02 Å². The maximum Gasteiger partial charge on any atom is 0.305 e. The number of hydrogen-bond donors (Lipinski definition) is 1. The summed E-state index contributed by atoms with van der Waals surface area (Å²) in [5, 5.41) is 14.5. The fraction of sp³-hybridized carbons (Fsp3) is 0.226. The van der Waals surface area contributed by atoms with Gasteiger partial charge >= 0.3 is 5.97 Å². The summed E-state index contributed by atoms with van der Waals surface area (Å²) in [5.41, 5.74) is 3.10. The number of nitriles is 1. The van der Waals surface area contributed by atoms with Crippen molar-refractivity contribution in [2.45, 2.75) is 37.5 Å². The van der Waals surface area contributed by atoms with Crippen LogP contribution in [0.25, 0.3) is 32.7 Å². The number of rotatable bonds is 11. The van der Waals surface area contributed by atoms with Gasteiger partial charge in [0, 0.05) is 40.1 Å². The van der Waals surface area contributed by atoms with E-state index < -0.39 is 0 Å². The number of aromatic nitrogens is 4. The summed E-state index contributed by atoms with van der Waals surface area (Å²) in [6.07, 6.45) is 0.828. The zero-order valence-corrected chi connectivity index (χ0v) is 25.7. The van der Waals surface area contributed by atoms with E-state index in [4.69, 9.17) is 26.1 Å². The predicted molar refractivity (Wildman–Crippen MR) is 169 cm³/mol. The van der Waals surface area contributed by atoms with Crippen LogP contribution in [0.5, 0.6) is 5.75 Å². The summed E-state index contributed by atoms with van der Waals surface area (Å²) in [4.78, 5) is 41.4. The van der Waals surface area contributed by atoms with Crippen LogP contribution in [0.3, 0.4) is 0 Å². The van der Waals surface area contributed by atoms with E-state index in [0.29, 0.717) is 51.3 Å². The van der Waals surface area contributed by atoms with Crippen molar-refractivity contribution < 1.29 is 14.3 Å². The summed E-state index contributed by atoms with van der Waals surface area (Å²) in [6.45, 7) is 3.97. The normalized spacial score (nSPS) is 10.9. The molecular formula is C31H26ClN5O4S2. The molecular weight excluding hydrogens is 606 g/mol. The molecule has 0 amide bonds. The van der Waals surface area contributed by atoms with Crippen LogP contribution < -0.4 is 10.3 Å². The van der Waals surface area contributed by atoms with E-state index in [2.05, 4.69) is 21.0 Å². The lowest BCUT2D eigenvalue weighted by Gasteiger charge is -2.13. The van der Waals surface area contributed by atoms with Gasteiger partial charge < -0.3 is 14.5 Å². The molecule has 0 aliphatic heterocycles. The van der Waals surface area contributed by atoms with Crippen molar-refractivity contribution in [3.05, 3.63) is 86.4 Å². The minimum Gasteiger partial charge on any atom is -0.490 e. The van der Waals surface area contributed by atoms with E-state index in [0.717, 1.165) is 16.3 Å². The molecule has 218 valence electrons. The van der Waals surface area contributed by atoms with Crippen molar-refractivity contribution in [1.29, 1.82) is 5.26 Å². The average molecular weight is 632 g/mol. The number of thioether (sulfide) groups is 1. The van der Waals surface area contributed by atoms with Crippen LogP contribution in [0, 0.1) is 11.3 Å². The molecule has 3 heterocycles. The van der Waals surface area contributed by atoms with Crippen LogP contribution in [-0.2, 0) is 21.7 Å². The number of carbonyl (C=O) groups is 1. The Morgan fingerprint density at radius 3 is 2.49 bits per heavy atom. The molecule has 12 heteroatoms. The van der Waals surface area contributed by atoms with Gasteiger partial charge in [0.15, 0.2) is 5.65 Å². The zero-order valence-electron chi connectivity index (χ0n) is 23.3. The number of aryl methyl sites for hydroxylation is 1. The molecule has 0 aliphatic rings. The van der Waals surface area contributed by atoms with Gasteiger partial charge in [0.2, 0.25) is 0 Å². The number of pyridine rings is 1. The molecule has 5 rings (SSSR count). The Kier molecular flexibility index (Phi) is 9.72. The van der Waals surface area contributed by atoms with Crippen molar-refractivity contribution in [2.24, 2.45) is 0 Å². The Morgan fingerprint density at radius 1 is 1.05 bits per heavy atom. The molecule has 0 unspecified atom stereocenters. The number of ether oxygens (including phenoxy) is 2. The molecule has 0 spiro atoms. The van der Waals surface area contributed by atoms with E-state index >= 15 is 0 Å². The van der Waals surface area contributed by atoms with Gasteiger partial charge in [-0.1, -0.05) is 61.5 Å². The molecule has 43 heavy (non-hydrogen) atoms. The molecule has 5 aromatic rings. The second-order valence-electron chi connectivity index (χ2n) is 9.23. The number of thiazole rings is 1. The topological polar surface area (TPSA) is 131 Å². The van der Waals surface area contributed by atoms with Gasteiger partial charge in [-0.05, 0) is 29.8 Å². The SMILES string of the molecule is CCC(=O)OCCOc1ccc(-c2c(C#N)c(SCc3csc(-c4ccc(Cl)cc4)n3)nc3nc(CC)[nH]c(=O)c23)cc1. The lowest BCUT2D eigenvalue weighted by molar-refractivity contribution is -0.143. The number of benzene rings is 2. The van der Waals surface area contributed by atoms with Gasteiger partial charge in [0.25, 0.3) is 5.56 Å². The Hall–Kier alpha value is -4.24. The first-order valence-corrected chi connectivity index (χ1v) is 15.7. The van der Waals surface area contributed by atoms with Crippen LogP contribution in [0.4, 0.5) is 0 Å². The van der Waals surface area contributed by atoms with E-state index in [-0.39, 0.29) is 41.3 Å². The third-order valence-electron chi connectivity index (χ3n) is 6.36. The minimum atomic E-state index is -0.359. The highest BCUT2D eigenvalue weighted by Gasteiger charge is 2.21. The molecule has 0 bridgehead atoms. The van der Waals surface area contributed by atoms with Gasteiger partial charge in [-0.15, -0.1) is 11.3 Å². The number of aromatic amines is 1. The Bertz CT molecular complexity index is 1870. The number of esters is 1. The van der Waals surface area contributed by atoms with Crippen molar-refractivity contribution in [1.82, 2.24) is 19.9 Å². The molecule has 1 N–H and O–H groups in total. The summed E-state index contributed by atoms with van der Waals surface area (Å²) < 4.78 is 10.7. The highest BCUT2D eigenvalue weighted by Crippen LogP contribution is 2.37. The minimum absolute atomic E-state index is 0.142. The Morgan fingerprint density at radius 2 is 1.79 bits per heavy atom. The van der Waals surface area contributed by atoms with Crippen molar-refractivity contribution >= 4 is 51.7 Å². The molecule has 0 aliphatic carbocycles.